The lowest BCUT2D eigenvalue weighted by atomic mass is 10.0. The maximum Gasteiger partial charge on any atom is 0.271 e. The molecule has 2 aromatic heterocycles. The van der Waals surface area contributed by atoms with E-state index in [2.05, 4.69) is 10.1 Å². The molecule has 0 aliphatic carbocycles. The predicted molar refractivity (Wildman–Crippen MR) is 121 cm³/mol. The normalized spacial score (nSPS) is 11.8. The molecule has 4 rings (SSSR count). The molecule has 2 heterocycles. The van der Waals surface area contributed by atoms with Crippen molar-refractivity contribution in [2.75, 3.05) is 6.61 Å². The van der Waals surface area contributed by atoms with E-state index in [9.17, 15) is 19.6 Å². The van der Waals surface area contributed by atoms with Crippen molar-refractivity contribution in [2.45, 2.75) is 26.3 Å². The molecule has 166 valence electrons. The maximum absolute atomic E-state index is 13.7. The number of benzene rings is 2. The maximum atomic E-state index is 13.7. The third-order valence-corrected chi connectivity index (χ3v) is 5.47. The summed E-state index contributed by atoms with van der Waals surface area (Å²) in [6, 6.07) is 14.0. The van der Waals surface area contributed by atoms with Gasteiger partial charge in [0.05, 0.1) is 18.6 Å². The Morgan fingerprint density at radius 2 is 2.00 bits per heavy atom. The monoisotopic (exact) mass is 443 g/mol. The van der Waals surface area contributed by atoms with Crippen molar-refractivity contribution >= 4 is 0 Å². The number of rotatable bonds is 6. The Bertz CT molecular complexity index is 1420. The number of aliphatic hydroxyl groups excluding tert-OH is 1. The van der Waals surface area contributed by atoms with Gasteiger partial charge in [0.15, 0.2) is 5.69 Å². The first-order valence-electron chi connectivity index (χ1n) is 10.4. The Balaban J connectivity index is 1.72. The number of nitrogens with zero attached hydrogens (tertiary/aromatic N) is 5. The van der Waals surface area contributed by atoms with Crippen molar-refractivity contribution in [2.24, 2.45) is 0 Å². The molecule has 33 heavy (non-hydrogen) atoms. The summed E-state index contributed by atoms with van der Waals surface area (Å²) in [5.74, 6) is -0.487. The number of aryl methyl sites for hydroxylation is 2. The van der Waals surface area contributed by atoms with Crippen molar-refractivity contribution in [1.29, 1.82) is 5.26 Å². The third kappa shape index (κ3) is 4.59. The molecule has 4 aromatic rings. The van der Waals surface area contributed by atoms with E-state index in [1.165, 1.54) is 24.3 Å². The number of aliphatic hydroxyl groups is 1. The summed E-state index contributed by atoms with van der Waals surface area (Å²) < 4.78 is 16.7. The number of halogens is 1. The van der Waals surface area contributed by atoms with Gasteiger partial charge in [0.2, 0.25) is 0 Å². The van der Waals surface area contributed by atoms with Crippen LogP contribution in [0.1, 0.15) is 39.7 Å². The molecule has 7 nitrogen and oxygen atoms in total. The van der Waals surface area contributed by atoms with Crippen LogP contribution in [-0.2, 0) is 6.42 Å². The molecular formula is C25H22FN5O2. The van der Waals surface area contributed by atoms with Gasteiger partial charge < -0.3 is 9.67 Å². The zero-order chi connectivity index (χ0) is 23.5. The molecule has 0 spiro atoms. The number of nitriles is 1. The summed E-state index contributed by atoms with van der Waals surface area (Å²) in [6.07, 6.45) is 3.96. The smallest absolute Gasteiger partial charge is 0.271 e. The van der Waals surface area contributed by atoms with Crippen LogP contribution in [0.25, 0.3) is 5.69 Å². The van der Waals surface area contributed by atoms with Crippen molar-refractivity contribution in [3.05, 3.63) is 111 Å². The summed E-state index contributed by atoms with van der Waals surface area (Å²) in [5.41, 5.74) is 4.15. The first-order valence-corrected chi connectivity index (χ1v) is 10.4. The zero-order valence-electron chi connectivity index (χ0n) is 18.2. The highest BCUT2D eigenvalue weighted by atomic mass is 19.1. The standard InChI is InChI=1S/C25H22FN5O2/c1-16-8-18(6-7-23(16)30-13-17(2)28-15-30)9-20-11-22(12-27)29-31(25(20)33)24(14-32)19-4-3-5-21(26)10-19/h3-8,10-11,13,15,24,32H,9,14H2,1-2H3/t24-/m0/s1. The quantitative estimate of drug-likeness (QED) is 0.494. The second-order valence-corrected chi connectivity index (χ2v) is 7.89. The van der Waals surface area contributed by atoms with Crippen molar-refractivity contribution < 1.29 is 9.50 Å². The van der Waals surface area contributed by atoms with E-state index >= 15 is 0 Å². The average molecular weight is 443 g/mol. The van der Waals surface area contributed by atoms with E-state index in [0.717, 1.165) is 27.2 Å². The fourth-order valence-electron chi connectivity index (χ4n) is 3.88. The molecule has 0 amide bonds. The van der Waals surface area contributed by atoms with E-state index in [0.29, 0.717) is 11.1 Å². The Morgan fingerprint density at radius 3 is 2.64 bits per heavy atom. The van der Waals surface area contributed by atoms with Gasteiger partial charge in [0.25, 0.3) is 5.56 Å². The number of imidazole rings is 1. The van der Waals surface area contributed by atoms with Crippen LogP contribution in [0.4, 0.5) is 4.39 Å². The summed E-state index contributed by atoms with van der Waals surface area (Å²) in [6.45, 7) is 3.43. The molecule has 0 aliphatic rings. The molecule has 0 radical (unpaired) electrons. The number of hydrogen-bond acceptors (Lipinski definition) is 5. The fraction of sp³-hybridized carbons (Fsp3) is 0.200. The Kier molecular flexibility index (Phi) is 6.16. The van der Waals surface area contributed by atoms with Gasteiger partial charge in [-0.25, -0.2) is 14.1 Å². The lowest BCUT2D eigenvalue weighted by Crippen LogP contribution is -2.33. The molecule has 0 bridgehead atoms. The molecule has 0 saturated carbocycles. The largest absolute Gasteiger partial charge is 0.394 e. The molecule has 0 aliphatic heterocycles. The molecule has 1 atom stereocenters. The highest BCUT2D eigenvalue weighted by Gasteiger charge is 2.19. The fourth-order valence-corrected chi connectivity index (χ4v) is 3.88. The topological polar surface area (TPSA) is 96.7 Å². The summed E-state index contributed by atoms with van der Waals surface area (Å²) in [4.78, 5) is 17.5. The Morgan fingerprint density at radius 1 is 1.18 bits per heavy atom. The van der Waals surface area contributed by atoms with Gasteiger partial charge in [-0.2, -0.15) is 10.4 Å². The van der Waals surface area contributed by atoms with Gasteiger partial charge in [0, 0.05) is 23.9 Å². The van der Waals surface area contributed by atoms with Crippen LogP contribution in [0.3, 0.4) is 0 Å². The minimum Gasteiger partial charge on any atom is -0.394 e. The SMILES string of the molecule is Cc1cn(-c2ccc(Cc3cc(C#N)nn([C@@H](CO)c4cccc(F)c4)c3=O)cc2C)cn1. The lowest BCUT2D eigenvalue weighted by molar-refractivity contribution is 0.236. The average Bonchev–Trinajstić information content (AvgIpc) is 3.22. The van der Waals surface area contributed by atoms with Crippen LogP contribution in [0.15, 0.2) is 65.8 Å². The van der Waals surface area contributed by atoms with E-state index in [1.54, 1.807) is 12.4 Å². The molecule has 1 N–H and O–H groups in total. The predicted octanol–water partition coefficient (Wildman–Crippen LogP) is 3.23. The molecule has 0 unspecified atom stereocenters. The van der Waals surface area contributed by atoms with Gasteiger partial charge in [-0.3, -0.25) is 4.79 Å². The van der Waals surface area contributed by atoms with Gasteiger partial charge in [-0.1, -0.05) is 24.3 Å². The first kappa shape index (κ1) is 22.1. The van der Waals surface area contributed by atoms with E-state index < -0.39 is 24.0 Å². The van der Waals surface area contributed by atoms with E-state index in [1.807, 2.05) is 48.9 Å². The Hall–Kier alpha value is -4.09. The zero-order valence-corrected chi connectivity index (χ0v) is 18.2. The minimum absolute atomic E-state index is 0.0432. The minimum atomic E-state index is -0.908. The molecule has 0 saturated heterocycles. The van der Waals surface area contributed by atoms with Gasteiger partial charge in [-0.05, 0) is 54.8 Å². The van der Waals surface area contributed by atoms with Crippen LogP contribution in [0.2, 0.25) is 0 Å². The first-order chi connectivity index (χ1) is 15.9. The highest BCUT2D eigenvalue weighted by Crippen LogP contribution is 2.20. The lowest BCUT2D eigenvalue weighted by Gasteiger charge is -2.18. The third-order valence-electron chi connectivity index (χ3n) is 5.47. The van der Waals surface area contributed by atoms with Gasteiger partial charge in [-0.15, -0.1) is 0 Å². The number of hydrogen-bond donors (Lipinski definition) is 1. The Labute approximate surface area is 190 Å². The molecular weight excluding hydrogens is 421 g/mol. The van der Waals surface area contributed by atoms with Crippen LogP contribution < -0.4 is 5.56 Å². The van der Waals surface area contributed by atoms with Crippen molar-refractivity contribution in [3.63, 3.8) is 0 Å². The highest BCUT2D eigenvalue weighted by molar-refractivity contribution is 5.44. The van der Waals surface area contributed by atoms with Crippen molar-refractivity contribution in [3.8, 4) is 11.8 Å². The second kappa shape index (κ2) is 9.18. The van der Waals surface area contributed by atoms with Crippen LogP contribution >= 0.6 is 0 Å². The van der Waals surface area contributed by atoms with Gasteiger partial charge in [0.1, 0.15) is 17.9 Å². The summed E-state index contributed by atoms with van der Waals surface area (Å²) in [7, 11) is 0. The van der Waals surface area contributed by atoms with Crippen LogP contribution in [-0.4, -0.2) is 31.0 Å². The van der Waals surface area contributed by atoms with E-state index in [-0.39, 0.29) is 12.1 Å². The van der Waals surface area contributed by atoms with Crippen molar-refractivity contribution in [1.82, 2.24) is 19.3 Å². The van der Waals surface area contributed by atoms with Crippen LogP contribution in [0.5, 0.6) is 0 Å². The van der Waals surface area contributed by atoms with Gasteiger partial charge >= 0.3 is 0 Å². The number of aromatic nitrogens is 4. The molecule has 2 aromatic carbocycles. The summed E-state index contributed by atoms with van der Waals surface area (Å²) >= 11 is 0. The second-order valence-electron chi connectivity index (χ2n) is 7.89. The van der Waals surface area contributed by atoms with Crippen LogP contribution in [0, 0.1) is 31.0 Å². The summed E-state index contributed by atoms with van der Waals surface area (Å²) in [5, 5.41) is 23.5. The molecule has 0 fully saturated rings. The van der Waals surface area contributed by atoms with E-state index in [4.69, 9.17) is 0 Å². The molecule has 8 heteroatoms.